The smallest absolute Gasteiger partial charge is 0.0409 e. The summed E-state index contributed by atoms with van der Waals surface area (Å²) >= 11 is 5.98. The van der Waals surface area contributed by atoms with Gasteiger partial charge in [0, 0.05) is 17.6 Å². The molecule has 1 aromatic carbocycles. The highest BCUT2D eigenvalue weighted by Gasteiger charge is 2.36. The second-order valence-corrected chi connectivity index (χ2v) is 5.79. The lowest BCUT2D eigenvalue weighted by molar-refractivity contribution is 0.485. The molecule has 2 nitrogen and oxygen atoms in total. The summed E-state index contributed by atoms with van der Waals surface area (Å²) in [6.45, 7) is 3.39. The van der Waals surface area contributed by atoms with Crippen molar-refractivity contribution in [1.82, 2.24) is 10.6 Å². The second-order valence-electron chi connectivity index (χ2n) is 5.36. The van der Waals surface area contributed by atoms with Crippen molar-refractivity contribution in [1.29, 1.82) is 0 Å². The molecular formula is C14H19ClN2. The van der Waals surface area contributed by atoms with Crippen molar-refractivity contribution in [2.24, 2.45) is 11.8 Å². The van der Waals surface area contributed by atoms with Gasteiger partial charge in [-0.05, 0) is 55.5 Å². The lowest BCUT2D eigenvalue weighted by atomic mass is 10.0. The second kappa shape index (κ2) is 4.97. The fourth-order valence-corrected chi connectivity index (χ4v) is 3.45. The summed E-state index contributed by atoms with van der Waals surface area (Å²) in [5, 5.41) is 7.98. The fourth-order valence-electron chi connectivity index (χ4n) is 3.24. The number of fused-ring (bicyclic) bond motifs is 1. The minimum atomic E-state index is 0.700. The van der Waals surface area contributed by atoms with E-state index in [0.717, 1.165) is 23.4 Å². The van der Waals surface area contributed by atoms with Crippen molar-refractivity contribution < 1.29 is 0 Å². The third-order valence-corrected chi connectivity index (χ3v) is 4.37. The lowest BCUT2D eigenvalue weighted by Gasteiger charge is -2.13. The molecule has 3 heteroatoms. The first kappa shape index (κ1) is 11.5. The van der Waals surface area contributed by atoms with Gasteiger partial charge in [-0.1, -0.05) is 23.7 Å². The number of rotatable bonds is 3. The summed E-state index contributed by atoms with van der Waals surface area (Å²) in [6.07, 6.45) is 2.66. The van der Waals surface area contributed by atoms with E-state index in [4.69, 9.17) is 11.6 Å². The molecule has 0 spiro atoms. The third-order valence-electron chi connectivity index (χ3n) is 4.14. The van der Waals surface area contributed by atoms with Gasteiger partial charge in [-0.2, -0.15) is 0 Å². The average Bonchev–Trinajstić information content (AvgIpc) is 2.86. The standard InChI is InChI=1S/C14H19ClN2/c15-13-3-1-2-10(4-13)7-17-14-5-11-8-16-9-12(11)6-14/h1-4,11-12,14,16-17H,5-9H2. The quantitative estimate of drug-likeness (QED) is 0.861. The molecule has 1 aliphatic carbocycles. The highest BCUT2D eigenvalue weighted by Crippen LogP contribution is 2.34. The van der Waals surface area contributed by atoms with Crippen LogP contribution in [0.3, 0.4) is 0 Å². The molecule has 0 aromatic heterocycles. The summed E-state index contributed by atoms with van der Waals surface area (Å²) in [5.41, 5.74) is 1.28. The van der Waals surface area contributed by atoms with E-state index in [-0.39, 0.29) is 0 Å². The zero-order chi connectivity index (χ0) is 11.7. The Bertz CT molecular complexity index is 382. The van der Waals surface area contributed by atoms with Crippen LogP contribution in [-0.2, 0) is 6.54 Å². The Morgan fingerprint density at radius 2 is 2.00 bits per heavy atom. The fraction of sp³-hybridized carbons (Fsp3) is 0.571. The van der Waals surface area contributed by atoms with Crippen molar-refractivity contribution >= 4 is 11.6 Å². The molecule has 1 saturated heterocycles. The molecule has 0 bridgehead atoms. The Balaban J connectivity index is 1.52. The monoisotopic (exact) mass is 250 g/mol. The van der Waals surface area contributed by atoms with E-state index in [2.05, 4.69) is 16.7 Å². The maximum atomic E-state index is 5.98. The highest BCUT2D eigenvalue weighted by molar-refractivity contribution is 6.30. The van der Waals surface area contributed by atoms with Crippen LogP contribution in [0.5, 0.6) is 0 Å². The van der Waals surface area contributed by atoms with E-state index >= 15 is 0 Å². The Morgan fingerprint density at radius 1 is 1.24 bits per heavy atom. The number of hydrogen-bond donors (Lipinski definition) is 2. The first-order valence-corrected chi connectivity index (χ1v) is 6.87. The van der Waals surface area contributed by atoms with Gasteiger partial charge in [0.05, 0.1) is 0 Å². The molecular weight excluding hydrogens is 232 g/mol. The van der Waals surface area contributed by atoms with E-state index < -0.39 is 0 Å². The summed E-state index contributed by atoms with van der Waals surface area (Å²) < 4.78 is 0. The van der Waals surface area contributed by atoms with Crippen LogP contribution < -0.4 is 10.6 Å². The molecule has 3 rings (SSSR count). The van der Waals surface area contributed by atoms with Gasteiger partial charge < -0.3 is 10.6 Å². The number of hydrogen-bond acceptors (Lipinski definition) is 2. The van der Waals surface area contributed by atoms with Crippen molar-refractivity contribution in [3.63, 3.8) is 0 Å². The zero-order valence-electron chi connectivity index (χ0n) is 9.95. The molecule has 92 valence electrons. The minimum absolute atomic E-state index is 0.700. The number of benzene rings is 1. The molecule has 0 radical (unpaired) electrons. The van der Waals surface area contributed by atoms with E-state index in [1.54, 1.807) is 0 Å². The first-order chi connectivity index (χ1) is 8.31. The molecule has 2 atom stereocenters. The van der Waals surface area contributed by atoms with Crippen molar-refractivity contribution in [2.75, 3.05) is 13.1 Å². The summed E-state index contributed by atoms with van der Waals surface area (Å²) in [6, 6.07) is 8.83. The van der Waals surface area contributed by atoms with Crippen molar-refractivity contribution in [3.8, 4) is 0 Å². The van der Waals surface area contributed by atoms with E-state index in [1.807, 2.05) is 18.2 Å². The van der Waals surface area contributed by atoms with E-state index in [9.17, 15) is 0 Å². The number of nitrogens with one attached hydrogen (secondary N) is 2. The number of halogens is 1. The largest absolute Gasteiger partial charge is 0.316 e. The molecule has 2 aliphatic rings. The van der Waals surface area contributed by atoms with Crippen molar-refractivity contribution in [3.05, 3.63) is 34.9 Å². The molecule has 2 N–H and O–H groups in total. The molecule has 1 aliphatic heterocycles. The molecule has 1 heterocycles. The topological polar surface area (TPSA) is 24.1 Å². The normalized spacial score (nSPS) is 31.7. The minimum Gasteiger partial charge on any atom is -0.316 e. The van der Waals surface area contributed by atoms with Gasteiger partial charge in [0.15, 0.2) is 0 Å². The predicted octanol–water partition coefficient (Wildman–Crippen LogP) is 2.43. The maximum Gasteiger partial charge on any atom is 0.0409 e. The summed E-state index contributed by atoms with van der Waals surface area (Å²) in [7, 11) is 0. The van der Waals surface area contributed by atoms with Crippen LogP contribution in [-0.4, -0.2) is 19.1 Å². The summed E-state index contributed by atoms with van der Waals surface area (Å²) in [5.74, 6) is 1.82. The van der Waals surface area contributed by atoms with Gasteiger partial charge >= 0.3 is 0 Å². The van der Waals surface area contributed by atoms with Crippen LogP contribution in [0.15, 0.2) is 24.3 Å². The Kier molecular flexibility index (Phi) is 3.37. The first-order valence-electron chi connectivity index (χ1n) is 6.50. The average molecular weight is 251 g/mol. The van der Waals surface area contributed by atoms with Gasteiger partial charge in [-0.15, -0.1) is 0 Å². The van der Waals surface area contributed by atoms with Gasteiger partial charge in [0.2, 0.25) is 0 Å². The summed E-state index contributed by atoms with van der Waals surface area (Å²) in [4.78, 5) is 0. The SMILES string of the molecule is Clc1cccc(CNC2CC3CNCC3C2)c1. The Hall–Kier alpha value is -0.570. The third kappa shape index (κ3) is 2.65. The molecule has 2 fully saturated rings. The van der Waals surface area contributed by atoms with Gasteiger partial charge in [-0.3, -0.25) is 0 Å². The molecule has 0 amide bonds. The highest BCUT2D eigenvalue weighted by atomic mass is 35.5. The van der Waals surface area contributed by atoms with Crippen LogP contribution in [0.2, 0.25) is 5.02 Å². The van der Waals surface area contributed by atoms with Crippen LogP contribution in [0.25, 0.3) is 0 Å². The predicted molar refractivity (Wildman–Crippen MR) is 71.2 cm³/mol. The zero-order valence-corrected chi connectivity index (χ0v) is 10.7. The molecule has 1 saturated carbocycles. The van der Waals surface area contributed by atoms with Crippen LogP contribution in [0, 0.1) is 11.8 Å². The van der Waals surface area contributed by atoms with Crippen molar-refractivity contribution in [2.45, 2.75) is 25.4 Å². The van der Waals surface area contributed by atoms with E-state index in [1.165, 1.54) is 31.5 Å². The van der Waals surface area contributed by atoms with Gasteiger partial charge in [0.25, 0.3) is 0 Å². The van der Waals surface area contributed by atoms with E-state index in [0.29, 0.717) is 6.04 Å². The maximum absolute atomic E-state index is 5.98. The Labute approximate surface area is 108 Å². The molecule has 17 heavy (non-hydrogen) atoms. The van der Waals surface area contributed by atoms with Crippen LogP contribution in [0.1, 0.15) is 18.4 Å². The Morgan fingerprint density at radius 3 is 2.71 bits per heavy atom. The van der Waals surface area contributed by atoms with Gasteiger partial charge in [0.1, 0.15) is 0 Å². The van der Waals surface area contributed by atoms with Gasteiger partial charge in [-0.25, -0.2) is 0 Å². The molecule has 1 aromatic rings. The van der Waals surface area contributed by atoms with Crippen LogP contribution >= 0.6 is 11.6 Å². The lowest BCUT2D eigenvalue weighted by Crippen LogP contribution is -2.28. The molecule has 2 unspecified atom stereocenters. The van der Waals surface area contributed by atoms with Crippen LogP contribution in [0.4, 0.5) is 0 Å².